The Balaban J connectivity index is 2.18. The molecule has 2 rings (SSSR count). The van der Waals surface area contributed by atoms with Gasteiger partial charge in [-0.25, -0.2) is 0 Å². The number of halogens is 4. The Morgan fingerprint density at radius 3 is 2.71 bits per heavy atom. The zero-order valence-electron chi connectivity index (χ0n) is 11.5. The molecule has 0 saturated carbocycles. The van der Waals surface area contributed by atoms with Crippen molar-refractivity contribution in [2.45, 2.75) is 25.9 Å². The van der Waals surface area contributed by atoms with E-state index < -0.39 is 17.2 Å². The van der Waals surface area contributed by atoms with Crippen LogP contribution in [-0.4, -0.2) is 19.0 Å². The van der Waals surface area contributed by atoms with Gasteiger partial charge in [0.2, 0.25) is 5.91 Å². The number of benzene rings is 1. The van der Waals surface area contributed by atoms with Crippen molar-refractivity contribution in [2.75, 3.05) is 18.4 Å². The molecule has 21 heavy (non-hydrogen) atoms. The Morgan fingerprint density at radius 2 is 2.14 bits per heavy atom. The number of piperidine rings is 1. The number of nitrogens with one attached hydrogen (secondary N) is 2. The first-order valence-electron chi connectivity index (χ1n) is 6.61. The Kier molecular flexibility index (Phi) is 4.63. The van der Waals surface area contributed by atoms with Crippen LogP contribution in [0.4, 0.5) is 18.9 Å². The third-order valence-electron chi connectivity index (χ3n) is 3.68. The lowest BCUT2D eigenvalue weighted by atomic mass is 9.82. The van der Waals surface area contributed by atoms with Gasteiger partial charge in [0.1, 0.15) is 0 Å². The SMILES string of the molecule is CC1(C(=O)Nc2ccc(Br)c(C(F)(F)F)c2)CCCNC1. The third kappa shape index (κ3) is 3.77. The molecule has 1 atom stereocenters. The zero-order valence-corrected chi connectivity index (χ0v) is 13.1. The molecular formula is C14H16BrF3N2O. The number of carbonyl (C=O) groups is 1. The van der Waals surface area contributed by atoms with Gasteiger partial charge >= 0.3 is 6.18 Å². The number of alkyl halides is 3. The maximum atomic E-state index is 12.8. The fourth-order valence-corrected chi connectivity index (χ4v) is 2.82. The summed E-state index contributed by atoms with van der Waals surface area (Å²) < 4.78 is 38.5. The van der Waals surface area contributed by atoms with E-state index in [0.29, 0.717) is 13.0 Å². The minimum atomic E-state index is -4.46. The van der Waals surface area contributed by atoms with Crippen LogP contribution < -0.4 is 10.6 Å². The first kappa shape index (κ1) is 16.3. The van der Waals surface area contributed by atoms with Crippen LogP contribution in [0.25, 0.3) is 0 Å². The molecule has 1 aromatic rings. The van der Waals surface area contributed by atoms with Gasteiger partial charge in [-0.2, -0.15) is 13.2 Å². The van der Waals surface area contributed by atoms with Crippen LogP contribution in [-0.2, 0) is 11.0 Å². The normalized spacial score (nSPS) is 22.9. The lowest BCUT2D eigenvalue weighted by Crippen LogP contribution is -2.46. The van der Waals surface area contributed by atoms with E-state index in [9.17, 15) is 18.0 Å². The van der Waals surface area contributed by atoms with Crippen molar-refractivity contribution < 1.29 is 18.0 Å². The van der Waals surface area contributed by atoms with Crippen LogP contribution >= 0.6 is 15.9 Å². The van der Waals surface area contributed by atoms with Crippen molar-refractivity contribution >= 4 is 27.5 Å². The fourth-order valence-electron chi connectivity index (χ4n) is 2.35. The molecule has 0 aromatic heterocycles. The molecule has 0 bridgehead atoms. The lowest BCUT2D eigenvalue weighted by molar-refractivity contribution is -0.138. The lowest BCUT2D eigenvalue weighted by Gasteiger charge is -2.32. The second-order valence-corrected chi connectivity index (χ2v) is 6.34. The summed E-state index contributed by atoms with van der Waals surface area (Å²) >= 11 is 2.88. The van der Waals surface area contributed by atoms with Crippen LogP contribution in [0.2, 0.25) is 0 Å². The number of anilines is 1. The minimum absolute atomic E-state index is 0.0430. The molecule has 1 amide bonds. The average molecular weight is 365 g/mol. The minimum Gasteiger partial charge on any atom is -0.326 e. The third-order valence-corrected chi connectivity index (χ3v) is 4.37. The van der Waals surface area contributed by atoms with Crippen molar-refractivity contribution in [1.29, 1.82) is 0 Å². The Morgan fingerprint density at radius 1 is 1.43 bits per heavy atom. The van der Waals surface area contributed by atoms with Gasteiger partial charge < -0.3 is 10.6 Å². The highest BCUT2D eigenvalue weighted by Crippen LogP contribution is 2.37. The van der Waals surface area contributed by atoms with Crippen molar-refractivity contribution in [1.82, 2.24) is 5.32 Å². The van der Waals surface area contributed by atoms with E-state index in [4.69, 9.17) is 0 Å². The van der Waals surface area contributed by atoms with Crippen LogP contribution in [0.15, 0.2) is 22.7 Å². The van der Waals surface area contributed by atoms with E-state index in [1.807, 2.05) is 6.92 Å². The molecule has 116 valence electrons. The van der Waals surface area contributed by atoms with Crippen LogP contribution in [0.1, 0.15) is 25.3 Å². The van der Waals surface area contributed by atoms with Gasteiger partial charge in [0.15, 0.2) is 0 Å². The molecule has 0 aliphatic carbocycles. The Hall–Kier alpha value is -1.08. The summed E-state index contributed by atoms with van der Waals surface area (Å²) in [5, 5.41) is 5.73. The van der Waals surface area contributed by atoms with Crippen molar-refractivity contribution in [2.24, 2.45) is 5.41 Å². The standard InChI is InChI=1S/C14H16BrF3N2O/c1-13(5-2-6-19-8-13)12(21)20-9-3-4-11(15)10(7-9)14(16,17)18/h3-4,7,19H,2,5-6,8H2,1H3,(H,20,21). The van der Waals surface area contributed by atoms with Gasteiger partial charge in [-0.3, -0.25) is 4.79 Å². The molecule has 2 N–H and O–H groups in total. The summed E-state index contributed by atoms with van der Waals surface area (Å²) in [6.07, 6.45) is -2.87. The van der Waals surface area contributed by atoms with Crippen molar-refractivity contribution in [3.8, 4) is 0 Å². The van der Waals surface area contributed by atoms with Gasteiger partial charge in [0.05, 0.1) is 11.0 Å². The highest BCUT2D eigenvalue weighted by atomic mass is 79.9. The van der Waals surface area contributed by atoms with Gasteiger partial charge in [-0.05, 0) is 44.5 Å². The van der Waals surface area contributed by atoms with E-state index in [0.717, 1.165) is 19.0 Å². The average Bonchev–Trinajstić information content (AvgIpc) is 2.40. The maximum Gasteiger partial charge on any atom is 0.417 e. The summed E-state index contributed by atoms with van der Waals surface area (Å²) in [5.74, 6) is -0.259. The first-order chi connectivity index (χ1) is 9.72. The summed E-state index contributed by atoms with van der Waals surface area (Å²) in [6, 6.07) is 3.69. The van der Waals surface area contributed by atoms with E-state index in [2.05, 4.69) is 26.6 Å². The molecule has 1 heterocycles. The quantitative estimate of drug-likeness (QED) is 0.837. The second kappa shape index (κ2) is 5.96. The number of hydrogen-bond acceptors (Lipinski definition) is 2. The molecule has 1 aliphatic rings. The van der Waals surface area contributed by atoms with Gasteiger partial charge in [0, 0.05) is 16.7 Å². The summed E-state index contributed by atoms with van der Waals surface area (Å²) in [7, 11) is 0. The highest BCUT2D eigenvalue weighted by Gasteiger charge is 2.36. The van der Waals surface area contributed by atoms with Crippen molar-refractivity contribution in [3.05, 3.63) is 28.2 Å². The van der Waals surface area contributed by atoms with Gasteiger partial charge in [-0.15, -0.1) is 0 Å². The Bertz CT molecular complexity index is 540. The monoisotopic (exact) mass is 364 g/mol. The molecule has 1 aliphatic heterocycles. The summed E-state index contributed by atoms with van der Waals surface area (Å²) in [4.78, 5) is 12.3. The molecule has 0 spiro atoms. The van der Waals surface area contributed by atoms with E-state index in [-0.39, 0.29) is 16.1 Å². The van der Waals surface area contributed by atoms with Crippen LogP contribution in [0.5, 0.6) is 0 Å². The largest absolute Gasteiger partial charge is 0.417 e. The number of amides is 1. The molecule has 1 unspecified atom stereocenters. The van der Waals surface area contributed by atoms with Crippen LogP contribution in [0, 0.1) is 5.41 Å². The molecule has 7 heteroatoms. The predicted octanol–water partition coefficient (Wildman–Crippen LogP) is 3.80. The van der Waals surface area contributed by atoms with E-state index >= 15 is 0 Å². The van der Waals surface area contributed by atoms with E-state index in [1.54, 1.807) is 0 Å². The summed E-state index contributed by atoms with van der Waals surface area (Å²) in [5.41, 5.74) is -1.24. The zero-order chi connectivity index (χ0) is 15.7. The molecular weight excluding hydrogens is 349 g/mol. The smallest absolute Gasteiger partial charge is 0.326 e. The molecule has 0 radical (unpaired) electrons. The number of rotatable bonds is 2. The Labute approximate surface area is 129 Å². The first-order valence-corrected chi connectivity index (χ1v) is 7.41. The van der Waals surface area contributed by atoms with Gasteiger partial charge in [0.25, 0.3) is 0 Å². The molecule has 1 aromatic carbocycles. The number of hydrogen-bond donors (Lipinski definition) is 2. The predicted molar refractivity (Wildman–Crippen MR) is 78.0 cm³/mol. The van der Waals surface area contributed by atoms with Crippen LogP contribution in [0.3, 0.4) is 0 Å². The van der Waals surface area contributed by atoms with Gasteiger partial charge in [-0.1, -0.05) is 15.9 Å². The highest BCUT2D eigenvalue weighted by molar-refractivity contribution is 9.10. The maximum absolute atomic E-state index is 12.8. The van der Waals surface area contributed by atoms with E-state index in [1.165, 1.54) is 12.1 Å². The molecule has 1 fully saturated rings. The fraction of sp³-hybridized carbons (Fsp3) is 0.500. The van der Waals surface area contributed by atoms with Crippen molar-refractivity contribution in [3.63, 3.8) is 0 Å². The topological polar surface area (TPSA) is 41.1 Å². The molecule has 3 nitrogen and oxygen atoms in total. The number of carbonyl (C=O) groups excluding carboxylic acids is 1. The second-order valence-electron chi connectivity index (χ2n) is 5.49. The molecule has 1 saturated heterocycles. The summed E-state index contributed by atoms with van der Waals surface area (Å²) in [6.45, 7) is 3.21.